The first-order valence-electron chi connectivity index (χ1n) is 11.0. The number of barbiturate groups is 1. The van der Waals surface area contributed by atoms with E-state index in [0.717, 1.165) is 10.6 Å². The molecule has 4 amide bonds. The number of carbonyl (C=O) groups excluding carboxylic acids is 3. The number of imide groups is 2. The molecule has 0 aliphatic carbocycles. The number of ether oxygens (including phenoxy) is 4. The Morgan fingerprint density at radius 2 is 1.47 bits per heavy atom. The van der Waals surface area contributed by atoms with Crippen LogP contribution in [0, 0.1) is 0 Å². The van der Waals surface area contributed by atoms with E-state index in [9.17, 15) is 14.4 Å². The Morgan fingerprint density at radius 3 is 2.17 bits per heavy atom. The van der Waals surface area contributed by atoms with Crippen LogP contribution in [0.25, 0.3) is 6.08 Å². The number of nitrogens with one attached hydrogen (secondary N) is 1. The van der Waals surface area contributed by atoms with Crippen LogP contribution in [0.1, 0.15) is 5.56 Å². The summed E-state index contributed by atoms with van der Waals surface area (Å²) in [6.45, 7) is 0.567. The second-order valence-corrected chi connectivity index (χ2v) is 7.58. The van der Waals surface area contributed by atoms with E-state index in [4.69, 9.17) is 18.9 Å². The van der Waals surface area contributed by atoms with E-state index < -0.39 is 17.8 Å². The van der Waals surface area contributed by atoms with Crippen molar-refractivity contribution in [3.05, 3.63) is 83.9 Å². The molecule has 1 saturated heterocycles. The fraction of sp³-hybridized carbons (Fsp3) is 0.148. The van der Waals surface area contributed by atoms with Gasteiger partial charge in [-0.3, -0.25) is 14.9 Å². The predicted octanol–water partition coefficient (Wildman–Crippen LogP) is 3.83. The van der Waals surface area contributed by atoms with Gasteiger partial charge in [-0.1, -0.05) is 24.3 Å². The second kappa shape index (κ2) is 11.1. The predicted molar refractivity (Wildman–Crippen MR) is 132 cm³/mol. The van der Waals surface area contributed by atoms with Crippen molar-refractivity contribution in [1.29, 1.82) is 0 Å². The van der Waals surface area contributed by atoms with E-state index in [0.29, 0.717) is 35.1 Å². The van der Waals surface area contributed by atoms with Crippen LogP contribution in [-0.4, -0.2) is 45.3 Å². The largest absolute Gasteiger partial charge is 0.497 e. The third-order valence-electron chi connectivity index (χ3n) is 5.28. The molecule has 3 aromatic carbocycles. The number of benzene rings is 3. The lowest BCUT2D eigenvalue weighted by Gasteiger charge is -2.26. The van der Waals surface area contributed by atoms with Crippen LogP contribution in [0.15, 0.2) is 78.4 Å². The fourth-order valence-electron chi connectivity index (χ4n) is 3.51. The number of hydrogen-bond donors (Lipinski definition) is 1. The van der Waals surface area contributed by atoms with E-state index in [-0.39, 0.29) is 12.2 Å². The summed E-state index contributed by atoms with van der Waals surface area (Å²) in [5.74, 6) is 0.820. The summed E-state index contributed by atoms with van der Waals surface area (Å²) in [7, 11) is 3.09. The SMILES string of the molecule is COc1ccc(OCCOc2ccc(C=C3C(=O)NC(=O)N(c4ccccc4)C3=O)cc2OC)cc1. The molecule has 184 valence electrons. The van der Waals surface area contributed by atoms with Crippen molar-refractivity contribution in [2.75, 3.05) is 32.3 Å². The Bertz CT molecular complexity index is 1290. The topological polar surface area (TPSA) is 103 Å². The van der Waals surface area contributed by atoms with Gasteiger partial charge in [0.25, 0.3) is 11.8 Å². The quantitative estimate of drug-likeness (QED) is 0.277. The number of methoxy groups -OCH3 is 2. The molecule has 3 aromatic rings. The fourth-order valence-corrected chi connectivity index (χ4v) is 3.51. The molecular formula is C27H24N2O7. The van der Waals surface area contributed by atoms with Crippen LogP contribution >= 0.6 is 0 Å². The van der Waals surface area contributed by atoms with Crippen LogP contribution in [0.3, 0.4) is 0 Å². The van der Waals surface area contributed by atoms with Crippen LogP contribution in [-0.2, 0) is 9.59 Å². The molecule has 0 bridgehead atoms. The van der Waals surface area contributed by atoms with E-state index in [1.165, 1.54) is 13.2 Å². The van der Waals surface area contributed by atoms with Crippen molar-refractivity contribution in [2.24, 2.45) is 0 Å². The van der Waals surface area contributed by atoms with Crippen molar-refractivity contribution in [2.45, 2.75) is 0 Å². The monoisotopic (exact) mass is 488 g/mol. The molecule has 9 nitrogen and oxygen atoms in total. The summed E-state index contributed by atoms with van der Waals surface area (Å²) in [5, 5.41) is 2.20. The van der Waals surface area contributed by atoms with Crippen molar-refractivity contribution in [1.82, 2.24) is 5.32 Å². The first kappa shape index (κ1) is 24.3. The number of hydrogen-bond acceptors (Lipinski definition) is 7. The van der Waals surface area contributed by atoms with Gasteiger partial charge in [-0.15, -0.1) is 0 Å². The zero-order valence-electron chi connectivity index (χ0n) is 19.7. The van der Waals surface area contributed by atoms with Crippen LogP contribution in [0.5, 0.6) is 23.0 Å². The molecule has 0 saturated carbocycles. The lowest BCUT2D eigenvalue weighted by molar-refractivity contribution is -0.122. The highest BCUT2D eigenvalue weighted by molar-refractivity contribution is 6.39. The van der Waals surface area contributed by atoms with E-state index in [1.807, 2.05) is 0 Å². The van der Waals surface area contributed by atoms with E-state index in [2.05, 4.69) is 5.32 Å². The average Bonchev–Trinajstić information content (AvgIpc) is 2.90. The minimum atomic E-state index is -0.800. The smallest absolute Gasteiger partial charge is 0.335 e. The molecule has 0 aromatic heterocycles. The van der Waals surface area contributed by atoms with Crippen molar-refractivity contribution in [3.8, 4) is 23.0 Å². The zero-order valence-corrected chi connectivity index (χ0v) is 19.7. The lowest BCUT2D eigenvalue weighted by atomic mass is 10.1. The number of nitrogens with zero attached hydrogens (tertiary/aromatic N) is 1. The average molecular weight is 488 g/mol. The molecule has 9 heteroatoms. The van der Waals surface area contributed by atoms with Crippen molar-refractivity contribution < 1.29 is 33.3 Å². The molecule has 0 spiro atoms. The molecule has 36 heavy (non-hydrogen) atoms. The van der Waals surface area contributed by atoms with Crippen molar-refractivity contribution in [3.63, 3.8) is 0 Å². The van der Waals surface area contributed by atoms with Crippen LogP contribution in [0.4, 0.5) is 10.5 Å². The molecule has 0 radical (unpaired) electrons. The van der Waals surface area contributed by atoms with E-state index in [1.54, 1.807) is 79.9 Å². The highest BCUT2D eigenvalue weighted by Gasteiger charge is 2.36. The second-order valence-electron chi connectivity index (χ2n) is 7.58. The lowest BCUT2D eigenvalue weighted by Crippen LogP contribution is -2.54. The maximum absolute atomic E-state index is 13.0. The maximum Gasteiger partial charge on any atom is 0.335 e. The maximum atomic E-state index is 13.0. The summed E-state index contributed by atoms with van der Waals surface area (Å²) in [5.41, 5.74) is 0.702. The summed E-state index contributed by atoms with van der Waals surface area (Å²) >= 11 is 0. The molecule has 1 aliphatic heterocycles. The van der Waals surface area contributed by atoms with Gasteiger partial charge in [-0.05, 0) is 60.2 Å². The minimum Gasteiger partial charge on any atom is -0.497 e. The van der Waals surface area contributed by atoms with Gasteiger partial charge in [0.2, 0.25) is 0 Å². The molecular weight excluding hydrogens is 464 g/mol. The highest BCUT2D eigenvalue weighted by Crippen LogP contribution is 2.30. The minimum absolute atomic E-state index is 0.179. The molecule has 0 unspecified atom stereocenters. The summed E-state index contributed by atoms with van der Waals surface area (Å²) in [6.07, 6.45) is 1.40. The van der Waals surface area contributed by atoms with Gasteiger partial charge >= 0.3 is 6.03 Å². The number of amides is 4. The summed E-state index contributed by atoms with van der Waals surface area (Å²) < 4.78 is 22.0. The zero-order chi connectivity index (χ0) is 25.5. The molecule has 1 aliphatic rings. The molecule has 1 N–H and O–H groups in total. The number of para-hydroxylation sites is 1. The molecule has 1 fully saturated rings. The van der Waals surface area contributed by atoms with Gasteiger partial charge in [0.1, 0.15) is 30.3 Å². The number of anilines is 1. The standard InChI is InChI=1S/C27H24N2O7/c1-33-20-9-11-21(12-10-20)35-14-15-36-23-13-8-18(17-24(23)34-2)16-22-25(30)28-27(32)29(26(22)31)19-6-4-3-5-7-19/h3-13,16-17H,14-15H2,1-2H3,(H,28,30,32). The van der Waals surface area contributed by atoms with Gasteiger partial charge in [-0.25, -0.2) is 9.69 Å². The van der Waals surface area contributed by atoms with Crippen LogP contribution in [0.2, 0.25) is 0 Å². The Labute approximate surface area is 207 Å². The normalized spacial score (nSPS) is 14.4. The number of urea groups is 1. The molecule has 4 rings (SSSR count). The highest BCUT2D eigenvalue weighted by atomic mass is 16.5. The summed E-state index contributed by atoms with van der Waals surface area (Å²) in [4.78, 5) is 38.6. The van der Waals surface area contributed by atoms with Crippen LogP contribution < -0.4 is 29.2 Å². The first-order valence-corrected chi connectivity index (χ1v) is 11.0. The third kappa shape index (κ3) is 5.47. The third-order valence-corrected chi connectivity index (χ3v) is 5.28. The van der Waals surface area contributed by atoms with E-state index >= 15 is 0 Å². The van der Waals surface area contributed by atoms with Gasteiger partial charge in [0.05, 0.1) is 19.9 Å². The Morgan fingerprint density at radius 1 is 0.778 bits per heavy atom. The first-order chi connectivity index (χ1) is 17.5. The van der Waals surface area contributed by atoms with Crippen molar-refractivity contribution >= 4 is 29.6 Å². The Hall–Kier alpha value is -4.79. The number of carbonyl (C=O) groups is 3. The Balaban J connectivity index is 1.45. The number of rotatable bonds is 9. The van der Waals surface area contributed by atoms with Gasteiger partial charge < -0.3 is 18.9 Å². The Kier molecular flexibility index (Phi) is 7.50. The summed E-state index contributed by atoms with van der Waals surface area (Å²) in [6, 6.07) is 19.8. The van der Waals surface area contributed by atoms with Gasteiger partial charge in [0.15, 0.2) is 11.5 Å². The molecule has 1 heterocycles. The van der Waals surface area contributed by atoms with Gasteiger partial charge in [-0.2, -0.15) is 0 Å². The van der Waals surface area contributed by atoms with Gasteiger partial charge in [0, 0.05) is 0 Å². The molecule has 0 atom stereocenters.